The topological polar surface area (TPSA) is 76.2 Å². The van der Waals surface area contributed by atoms with Crippen molar-refractivity contribution in [2.45, 2.75) is 32.2 Å². The third-order valence-electron chi connectivity index (χ3n) is 2.51. The number of carbonyl (C=O) groups is 1. The van der Waals surface area contributed by atoms with Crippen LogP contribution in [0.1, 0.15) is 30.5 Å². The second kappa shape index (κ2) is 4.89. The number of carboxylic acids is 1. The van der Waals surface area contributed by atoms with Gasteiger partial charge in [-0.3, -0.25) is 9.78 Å². The lowest BCUT2D eigenvalue weighted by atomic mass is 9.93. The van der Waals surface area contributed by atoms with Gasteiger partial charge in [-0.25, -0.2) is 0 Å². The van der Waals surface area contributed by atoms with Crippen molar-refractivity contribution in [3.63, 3.8) is 0 Å². The molecule has 1 heterocycles. The average Bonchev–Trinajstić information content (AvgIpc) is 2.17. The summed E-state index contributed by atoms with van der Waals surface area (Å²) in [7, 11) is 0. The molecule has 0 aliphatic heterocycles. The monoisotopic (exact) mass is 208 g/mol. The largest absolute Gasteiger partial charge is 0.481 e. The maximum absolute atomic E-state index is 10.5. The van der Waals surface area contributed by atoms with Gasteiger partial charge in [0.25, 0.3) is 0 Å². The number of hydrogen-bond acceptors (Lipinski definition) is 3. The molecule has 1 aromatic heterocycles. The second-order valence-corrected chi connectivity index (χ2v) is 3.78. The van der Waals surface area contributed by atoms with E-state index in [9.17, 15) is 4.79 Å². The first kappa shape index (κ1) is 11.7. The Morgan fingerprint density at radius 2 is 2.27 bits per heavy atom. The SMILES string of the molecule is Cc1ccc(C(C)C(N)CC(=O)O)cn1. The van der Waals surface area contributed by atoms with E-state index in [4.69, 9.17) is 10.8 Å². The Labute approximate surface area is 89.1 Å². The molecule has 0 saturated carbocycles. The smallest absolute Gasteiger partial charge is 0.304 e. The molecule has 0 bridgehead atoms. The molecule has 0 aliphatic carbocycles. The number of aromatic nitrogens is 1. The third kappa shape index (κ3) is 3.32. The number of rotatable bonds is 4. The number of pyridine rings is 1. The lowest BCUT2D eigenvalue weighted by molar-refractivity contribution is -0.137. The highest BCUT2D eigenvalue weighted by Gasteiger charge is 2.17. The summed E-state index contributed by atoms with van der Waals surface area (Å²) in [6, 6.07) is 3.47. The Hall–Kier alpha value is -1.42. The Morgan fingerprint density at radius 1 is 1.60 bits per heavy atom. The quantitative estimate of drug-likeness (QED) is 0.781. The molecule has 4 heteroatoms. The summed E-state index contributed by atoms with van der Waals surface area (Å²) in [6.45, 7) is 3.82. The minimum absolute atomic E-state index is 0.00852. The van der Waals surface area contributed by atoms with Gasteiger partial charge in [-0.1, -0.05) is 13.0 Å². The van der Waals surface area contributed by atoms with E-state index in [-0.39, 0.29) is 18.4 Å². The van der Waals surface area contributed by atoms with Crippen LogP contribution in [0.4, 0.5) is 0 Å². The molecule has 0 amide bonds. The van der Waals surface area contributed by atoms with E-state index in [2.05, 4.69) is 4.98 Å². The van der Waals surface area contributed by atoms with Gasteiger partial charge in [0.1, 0.15) is 0 Å². The summed E-state index contributed by atoms with van der Waals surface area (Å²) in [5.41, 5.74) is 7.70. The van der Waals surface area contributed by atoms with Gasteiger partial charge in [0.05, 0.1) is 6.42 Å². The number of aliphatic carboxylic acids is 1. The van der Waals surface area contributed by atoms with E-state index in [1.54, 1.807) is 6.20 Å². The normalized spacial score (nSPS) is 14.6. The number of hydrogen-bond donors (Lipinski definition) is 2. The van der Waals surface area contributed by atoms with Crippen molar-refractivity contribution in [1.29, 1.82) is 0 Å². The molecular weight excluding hydrogens is 192 g/mol. The molecule has 0 aliphatic rings. The fourth-order valence-corrected chi connectivity index (χ4v) is 1.37. The van der Waals surface area contributed by atoms with Crippen LogP contribution in [0.5, 0.6) is 0 Å². The van der Waals surface area contributed by atoms with Gasteiger partial charge in [-0.15, -0.1) is 0 Å². The van der Waals surface area contributed by atoms with Crippen LogP contribution >= 0.6 is 0 Å². The summed E-state index contributed by atoms with van der Waals surface area (Å²) < 4.78 is 0. The van der Waals surface area contributed by atoms with Gasteiger partial charge in [-0.2, -0.15) is 0 Å². The molecule has 0 spiro atoms. The number of carboxylic acid groups (broad SMARTS) is 1. The van der Waals surface area contributed by atoms with Crippen molar-refractivity contribution in [3.8, 4) is 0 Å². The van der Waals surface area contributed by atoms with Crippen molar-refractivity contribution in [2.24, 2.45) is 5.73 Å². The Morgan fingerprint density at radius 3 is 2.73 bits per heavy atom. The second-order valence-electron chi connectivity index (χ2n) is 3.78. The lowest BCUT2D eigenvalue weighted by Gasteiger charge is -2.18. The van der Waals surface area contributed by atoms with Crippen LogP contribution in [0.25, 0.3) is 0 Å². The molecule has 0 radical (unpaired) electrons. The van der Waals surface area contributed by atoms with Gasteiger partial charge in [0.15, 0.2) is 0 Å². The molecule has 0 fully saturated rings. The highest BCUT2D eigenvalue weighted by Crippen LogP contribution is 2.19. The molecular formula is C11H16N2O2. The lowest BCUT2D eigenvalue weighted by Crippen LogP contribution is -2.29. The standard InChI is InChI=1S/C11H16N2O2/c1-7-3-4-9(6-13-7)8(2)10(12)5-11(14)15/h3-4,6,8,10H,5,12H2,1-2H3,(H,14,15). The van der Waals surface area contributed by atoms with Crippen LogP contribution < -0.4 is 5.73 Å². The summed E-state index contributed by atoms with van der Waals surface area (Å²) >= 11 is 0. The highest BCUT2D eigenvalue weighted by molar-refractivity contribution is 5.67. The van der Waals surface area contributed by atoms with E-state index >= 15 is 0 Å². The summed E-state index contributed by atoms with van der Waals surface area (Å²) in [4.78, 5) is 14.7. The predicted molar refractivity (Wildman–Crippen MR) is 57.6 cm³/mol. The average molecular weight is 208 g/mol. The van der Waals surface area contributed by atoms with Gasteiger partial charge in [0.2, 0.25) is 0 Å². The molecule has 4 nitrogen and oxygen atoms in total. The minimum atomic E-state index is -0.866. The first-order valence-corrected chi connectivity index (χ1v) is 4.90. The van der Waals surface area contributed by atoms with Gasteiger partial charge in [0, 0.05) is 17.9 Å². The molecule has 82 valence electrons. The van der Waals surface area contributed by atoms with Crippen LogP contribution in [0.2, 0.25) is 0 Å². The Balaban J connectivity index is 2.71. The van der Waals surface area contributed by atoms with Crippen LogP contribution in [0.15, 0.2) is 18.3 Å². The summed E-state index contributed by atoms with van der Waals surface area (Å²) in [5, 5.41) is 8.63. The maximum Gasteiger partial charge on any atom is 0.304 e. The molecule has 0 saturated heterocycles. The molecule has 2 unspecified atom stereocenters. The van der Waals surface area contributed by atoms with E-state index in [1.165, 1.54) is 0 Å². The zero-order valence-electron chi connectivity index (χ0n) is 8.97. The number of nitrogens with zero attached hydrogens (tertiary/aromatic N) is 1. The summed E-state index contributed by atoms with van der Waals surface area (Å²) in [6.07, 6.45) is 1.73. The van der Waals surface area contributed by atoms with E-state index < -0.39 is 5.97 Å². The van der Waals surface area contributed by atoms with Crippen LogP contribution in [-0.2, 0) is 4.79 Å². The van der Waals surface area contributed by atoms with E-state index in [0.717, 1.165) is 11.3 Å². The maximum atomic E-state index is 10.5. The molecule has 1 rings (SSSR count). The molecule has 0 aromatic carbocycles. The molecule has 3 N–H and O–H groups in total. The Bertz CT molecular complexity index is 335. The van der Waals surface area contributed by atoms with Crippen molar-refractivity contribution in [3.05, 3.63) is 29.6 Å². The van der Waals surface area contributed by atoms with E-state index in [0.29, 0.717) is 0 Å². The van der Waals surface area contributed by atoms with Gasteiger partial charge in [-0.05, 0) is 24.5 Å². The summed E-state index contributed by atoms with van der Waals surface area (Å²) in [5.74, 6) is -0.858. The molecule has 1 aromatic rings. The zero-order valence-corrected chi connectivity index (χ0v) is 8.97. The first-order chi connectivity index (χ1) is 7.00. The van der Waals surface area contributed by atoms with E-state index in [1.807, 2.05) is 26.0 Å². The minimum Gasteiger partial charge on any atom is -0.481 e. The number of nitrogens with two attached hydrogens (primary N) is 1. The predicted octanol–water partition coefficient (Wildman–Crippen LogP) is 1.30. The van der Waals surface area contributed by atoms with Crippen molar-refractivity contribution in [1.82, 2.24) is 4.98 Å². The fourth-order valence-electron chi connectivity index (χ4n) is 1.37. The zero-order chi connectivity index (χ0) is 11.4. The van der Waals surface area contributed by atoms with Crippen molar-refractivity contribution >= 4 is 5.97 Å². The van der Waals surface area contributed by atoms with Crippen molar-refractivity contribution in [2.75, 3.05) is 0 Å². The first-order valence-electron chi connectivity index (χ1n) is 4.90. The Kier molecular flexibility index (Phi) is 3.80. The van der Waals surface area contributed by atoms with Crippen LogP contribution in [-0.4, -0.2) is 22.1 Å². The molecule has 15 heavy (non-hydrogen) atoms. The van der Waals surface area contributed by atoms with Gasteiger partial charge < -0.3 is 10.8 Å². The third-order valence-corrected chi connectivity index (χ3v) is 2.51. The van der Waals surface area contributed by atoms with Gasteiger partial charge >= 0.3 is 5.97 Å². The highest BCUT2D eigenvalue weighted by atomic mass is 16.4. The van der Waals surface area contributed by atoms with Crippen molar-refractivity contribution < 1.29 is 9.90 Å². The van der Waals surface area contributed by atoms with Crippen LogP contribution in [0.3, 0.4) is 0 Å². The number of aryl methyl sites for hydroxylation is 1. The fraction of sp³-hybridized carbons (Fsp3) is 0.455. The molecule has 2 atom stereocenters. The van der Waals surface area contributed by atoms with Crippen LogP contribution in [0, 0.1) is 6.92 Å².